The van der Waals surface area contributed by atoms with Crippen molar-refractivity contribution in [2.75, 3.05) is 17.2 Å². The van der Waals surface area contributed by atoms with E-state index < -0.39 is 0 Å². The van der Waals surface area contributed by atoms with Gasteiger partial charge in [-0.1, -0.05) is 13.0 Å². The molecule has 1 aliphatic heterocycles. The fourth-order valence-electron chi connectivity index (χ4n) is 2.06. The highest BCUT2D eigenvalue weighted by Gasteiger charge is 2.21. The molecule has 2 amide bonds. The zero-order valence-electron chi connectivity index (χ0n) is 11.0. The van der Waals surface area contributed by atoms with E-state index in [1.54, 1.807) is 19.1 Å². The smallest absolute Gasteiger partial charge is 0.241 e. The van der Waals surface area contributed by atoms with Crippen LogP contribution in [0.1, 0.15) is 26.2 Å². The fraction of sp³-hybridized carbons (Fsp3) is 0.429. The molecule has 5 nitrogen and oxygen atoms in total. The third-order valence-electron chi connectivity index (χ3n) is 3.11. The molecule has 3 N–H and O–H groups in total. The van der Waals surface area contributed by atoms with Crippen molar-refractivity contribution in [3.8, 4) is 0 Å². The maximum atomic E-state index is 11.9. The highest BCUT2D eigenvalue weighted by molar-refractivity contribution is 5.96. The number of carbonyl (C=O) groups excluding carboxylic acids is 2. The minimum atomic E-state index is -0.103. The number of rotatable bonds is 4. The van der Waals surface area contributed by atoms with Crippen LogP contribution in [0.4, 0.5) is 11.4 Å². The van der Waals surface area contributed by atoms with Crippen molar-refractivity contribution in [2.45, 2.75) is 32.2 Å². The van der Waals surface area contributed by atoms with Crippen LogP contribution in [-0.2, 0) is 9.59 Å². The normalized spacial score (nSPS) is 18.1. The lowest BCUT2D eigenvalue weighted by Crippen LogP contribution is -2.35. The Labute approximate surface area is 112 Å². The molecule has 2 rings (SSSR count). The van der Waals surface area contributed by atoms with Crippen LogP contribution in [0.2, 0.25) is 0 Å². The summed E-state index contributed by atoms with van der Waals surface area (Å²) >= 11 is 0. The van der Waals surface area contributed by atoms with Gasteiger partial charge in [0.25, 0.3) is 0 Å². The van der Waals surface area contributed by atoms with Crippen LogP contribution in [-0.4, -0.2) is 24.4 Å². The predicted octanol–water partition coefficient (Wildman–Crippen LogP) is 1.73. The molecule has 0 bridgehead atoms. The van der Waals surface area contributed by atoms with Gasteiger partial charge in [0.15, 0.2) is 0 Å². The summed E-state index contributed by atoms with van der Waals surface area (Å²) in [6.07, 6.45) is 2.34. The summed E-state index contributed by atoms with van der Waals surface area (Å²) in [5.41, 5.74) is 1.40. The van der Waals surface area contributed by atoms with Crippen LogP contribution in [0.25, 0.3) is 0 Å². The Hall–Kier alpha value is -1.88. The molecular formula is C14H19N3O2. The topological polar surface area (TPSA) is 70.2 Å². The standard InChI is InChI=1S/C14H19N3O2/c1-2-13(18)16-10-5-3-6-11(9-10)17-14(19)12-7-4-8-15-12/h3,5-6,9,12,15H,2,4,7-8H2,1H3,(H,16,18)(H,17,19)/t12-/m0/s1. The molecule has 0 radical (unpaired) electrons. The number of benzene rings is 1. The van der Waals surface area contributed by atoms with Crippen molar-refractivity contribution in [1.29, 1.82) is 0 Å². The predicted molar refractivity (Wildman–Crippen MR) is 75.0 cm³/mol. The number of nitrogens with one attached hydrogen (secondary N) is 3. The fourth-order valence-corrected chi connectivity index (χ4v) is 2.06. The van der Waals surface area contributed by atoms with Crippen LogP contribution in [0.3, 0.4) is 0 Å². The summed E-state index contributed by atoms with van der Waals surface area (Å²) in [5, 5.41) is 8.78. The molecule has 1 aliphatic rings. The van der Waals surface area contributed by atoms with Gasteiger partial charge in [0.05, 0.1) is 6.04 Å². The Morgan fingerprint density at radius 3 is 2.68 bits per heavy atom. The van der Waals surface area contributed by atoms with Gasteiger partial charge < -0.3 is 16.0 Å². The summed E-state index contributed by atoms with van der Waals surface area (Å²) in [6, 6.07) is 7.09. The van der Waals surface area contributed by atoms with E-state index in [9.17, 15) is 9.59 Å². The molecule has 0 aliphatic carbocycles. The summed E-state index contributed by atoms with van der Waals surface area (Å²) < 4.78 is 0. The first-order valence-electron chi connectivity index (χ1n) is 6.63. The second kappa shape index (κ2) is 6.33. The third kappa shape index (κ3) is 3.79. The second-order valence-corrected chi connectivity index (χ2v) is 4.62. The molecule has 5 heteroatoms. The Morgan fingerprint density at radius 2 is 2.05 bits per heavy atom. The first kappa shape index (κ1) is 13.5. The highest BCUT2D eigenvalue weighted by atomic mass is 16.2. The molecule has 1 atom stereocenters. The molecule has 102 valence electrons. The summed E-state index contributed by atoms with van der Waals surface area (Å²) in [4.78, 5) is 23.3. The molecule has 1 aromatic rings. The van der Waals surface area contributed by atoms with E-state index >= 15 is 0 Å². The van der Waals surface area contributed by atoms with Crippen molar-refractivity contribution in [3.05, 3.63) is 24.3 Å². The van der Waals surface area contributed by atoms with Crippen molar-refractivity contribution in [3.63, 3.8) is 0 Å². The Bertz CT molecular complexity index is 468. The number of amides is 2. The van der Waals surface area contributed by atoms with E-state index in [2.05, 4.69) is 16.0 Å². The van der Waals surface area contributed by atoms with Crippen LogP contribution < -0.4 is 16.0 Å². The lowest BCUT2D eigenvalue weighted by molar-refractivity contribution is -0.118. The van der Waals surface area contributed by atoms with E-state index in [0.29, 0.717) is 17.8 Å². The molecule has 1 fully saturated rings. The minimum Gasteiger partial charge on any atom is -0.326 e. The number of hydrogen-bond acceptors (Lipinski definition) is 3. The van der Waals surface area contributed by atoms with Crippen LogP contribution in [0.15, 0.2) is 24.3 Å². The van der Waals surface area contributed by atoms with E-state index in [4.69, 9.17) is 0 Å². The lowest BCUT2D eigenvalue weighted by atomic mass is 10.2. The van der Waals surface area contributed by atoms with Crippen LogP contribution in [0.5, 0.6) is 0 Å². The first-order chi connectivity index (χ1) is 9.19. The molecule has 1 aromatic carbocycles. The summed E-state index contributed by atoms with van der Waals surface area (Å²) in [7, 11) is 0. The molecule has 1 saturated heterocycles. The van der Waals surface area contributed by atoms with E-state index in [-0.39, 0.29) is 17.9 Å². The van der Waals surface area contributed by atoms with Crippen molar-refractivity contribution in [2.24, 2.45) is 0 Å². The molecule has 1 heterocycles. The van der Waals surface area contributed by atoms with Gasteiger partial charge in [-0.25, -0.2) is 0 Å². The van der Waals surface area contributed by atoms with Crippen molar-refractivity contribution in [1.82, 2.24) is 5.32 Å². The molecule has 0 spiro atoms. The summed E-state index contributed by atoms with van der Waals surface area (Å²) in [6.45, 7) is 2.69. The SMILES string of the molecule is CCC(=O)Nc1cccc(NC(=O)[C@@H]2CCCN2)c1. The van der Waals surface area contributed by atoms with Gasteiger partial charge in [0, 0.05) is 17.8 Å². The molecule has 19 heavy (non-hydrogen) atoms. The average Bonchev–Trinajstić information content (AvgIpc) is 2.93. The van der Waals surface area contributed by atoms with Crippen LogP contribution in [0, 0.1) is 0 Å². The number of carbonyl (C=O) groups is 2. The highest BCUT2D eigenvalue weighted by Crippen LogP contribution is 2.16. The average molecular weight is 261 g/mol. The Kier molecular flexibility index (Phi) is 4.52. The van der Waals surface area contributed by atoms with Crippen molar-refractivity contribution < 1.29 is 9.59 Å². The van der Waals surface area contributed by atoms with Gasteiger partial charge in [-0.15, -0.1) is 0 Å². The molecular weight excluding hydrogens is 242 g/mol. The zero-order chi connectivity index (χ0) is 13.7. The number of hydrogen-bond donors (Lipinski definition) is 3. The van der Waals surface area contributed by atoms with E-state index in [1.807, 2.05) is 12.1 Å². The largest absolute Gasteiger partial charge is 0.326 e. The Balaban J connectivity index is 1.98. The maximum Gasteiger partial charge on any atom is 0.241 e. The molecule has 0 saturated carbocycles. The first-order valence-corrected chi connectivity index (χ1v) is 6.63. The van der Waals surface area contributed by atoms with Gasteiger partial charge >= 0.3 is 0 Å². The van der Waals surface area contributed by atoms with Crippen LogP contribution >= 0.6 is 0 Å². The quantitative estimate of drug-likeness (QED) is 0.773. The monoisotopic (exact) mass is 261 g/mol. The van der Waals surface area contributed by atoms with E-state index in [1.165, 1.54) is 0 Å². The lowest BCUT2D eigenvalue weighted by Gasteiger charge is -2.12. The van der Waals surface area contributed by atoms with Gasteiger partial charge in [-0.05, 0) is 37.6 Å². The number of anilines is 2. The molecule has 0 unspecified atom stereocenters. The van der Waals surface area contributed by atoms with Gasteiger partial charge in [0.2, 0.25) is 11.8 Å². The molecule has 0 aromatic heterocycles. The zero-order valence-corrected chi connectivity index (χ0v) is 11.0. The minimum absolute atomic E-state index is 0.0172. The maximum absolute atomic E-state index is 11.9. The third-order valence-corrected chi connectivity index (χ3v) is 3.11. The van der Waals surface area contributed by atoms with Gasteiger partial charge in [-0.2, -0.15) is 0 Å². The van der Waals surface area contributed by atoms with Gasteiger partial charge in [-0.3, -0.25) is 9.59 Å². The van der Waals surface area contributed by atoms with Gasteiger partial charge in [0.1, 0.15) is 0 Å². The van der Waals surface area contributed by atoms with E-state index in [0.717, 1.165) is 19.4 Å². The summed E-state index contributed by atoms with van der Waals surface area (Å²) in [5.74, 6) is -0.0580. The Morgan fingerprint density at radius 1 is 1.32 bits per heavy atom. The second-order valence-electron chi connectivity index (χ2n) is 4.62. The van der Waals surface area contributed by atoms with Crippen molar-refractivity contribution >= 4 is 23.2 Å².